The van der Waals surface area contributed by atoms with Crippen LogP contribution in [0.1, 0.15) is 26.2 Å². The van der Waals surface area contributed by atoms with Crippen molar-refractivity contribution in [1.82, 2.24) is 14.9 Å². The van der Waals surface area contributed by atoms with Gasteiger partial charge in [0, 0.05) is 56.3 Å². The number of pyridine rings is 1. The molecular weight excluding hydrogens is 316 g/mol. The number of amides is 1. The largest absolute Gasteiger partial charge is 0.369 e. The maximum Gasteiger partial charge on any atom is 0.251 e. The Morgan fingerprint density at radius 3 is 3.08 bits per heavy atom. The Bertz CT molecular complexity index is 753. The van der Waals surface area contributed by atoms with Crippen LogP contribution in [0.4, 0.5) is 5.69 Å². The summed E-state index contributed by atoms with van der Waals surface area (Å²) in [6.07, 6.45) is 6.41. The molecule has 0 aliphatic carbocycles. The summed E-state index contributed by atoms with van der Waals surface area (Å²) in [5.41, 5.74) is 2.06. The smallest absolute Gasteiger partial charge is 0.251 e. The van der Waals surface area contributed by atoms with Gasteiger partial charge in [-0.25, -0.2) is 4.98 Å². The molecule has 0 aromatic carbocycles. The Balaban J connectivity index is 1.55. The zero-order valence-electron chi connectivity index (χ0n) is 14.9. The van der Waals surface area contributed by atoms with Gasteiger partial charge in [-0.2, -0.15) is 0 Å². The van der Waals surface area contributed by atoms with Crippen LogP contribution < -0.4 is 4.90 Å². The van der Waals surface area contributed by atoms with Crippen molar-refractivity contribution < 1.29 is 9.53 Å². The molecule has 1 N–H and O–H groups in total. The lowest BCUT2D eigenvalue weighted by Gasteiger charge is -2.43. The molecule has 4 heterocycles. The zero-order valence-corrected chi connectivity index (χ0v) is 14.9. The van der Waals surface area contributed by atoms with Crippen LogP contribution in [0.5, 0.6) is 0 Å². The number of ether oxygens (including phenoxy) is 1. The van der Waals surface area contributed by atoms with E-state index in [1.807, 2.05) is 17.3 Å². The van der Waals surface area contributed by atoms with Crippen molar-refractivity contribution in [3.8, 4) is 0 Å². The van der Waals surface area contributed by atoms with E-state index in [0.717, 1.165) is 49.1 Å². The van der Waals surface area contributed by atoms with Gasteiger partial charge in [-0.3, -0.25) is 4.79 Å². The molecule has 2 saturated heterocycles. The van der Waals surface area contributed by atoms with E-state index in [1.165, 1.54) is 0 Å². The number of rotatable bonds is 3. The molecule has 134 valence electrons. The highest BCUT2D eigenvalue weighted by Gasteiger charge is 2.35. The summed E-state index contributed by atoms with van der Waals surface area (Å²) in [5.74, 6) is 0.699. The Morgan fingerprint density at radius 1 is 1.40 bits per heavy atom. The van der Waals surface area contributed by atoms with Gasteiger partial charge in [0.25, 0.3) is 5.91 Å². The number of H-pyrrole nitrogens is 1. The third kappa shape index (κ3) is 2.99. The second kappa shape index (κ2) is 6.67. The van der Waals surface area contributed by atoms with Crippen LogP contribution in [0.2, 0.25) is 0 Å². The van der Waals surface area contributed by atoms with Crippen LogP contribution in [-0.2, 0) is 9.53 Å². The van der Waals surface area contributed by atoms with Gasteiger partial charge in [0.2, 0.25) is 0 Å². The molecule has 2 fully saturated rings. The van der Waals surface area contributed by atoms with Crippen molar-refractivity contribution in [2.75, 3.05) is 31.6 Å². The topological polar surface area (TPSA) is 61.5 Å². The molecule has 4 rings (SSSR count). The number of fused-ring (bicyclic) bond motifs is 1. The first-order chi connectivity index (χ1) is 12.1. The van der Waals surface area contributed by atoms with Crippen LogP contribution in [0.15, 0.2) is 24.5 Å². The number of nitrogens with one attached hydrogen (secondary N) is 1. The van der Waals surface area contributed by atoms with E-state index in [1.54, 1.807) is 0 Å². The molecule has 6 nitrogen and oxygen atoms in total. The van der Waals surface area contributed by atoms with Gasteiger partial charge in [-0.15, -0.1) is 0 Å². The van der Waals surface area contributed by atoms with Crippen molar-refractivity contribution in [3.05, 3.63) is 24.5 Å². The number of likely N-dealkylation sites (tertiary alicyclic amines) is 1. The number of carbonyl (C=O) groups excluding carboxylic acids is 1. The first-order valence-electron chi connectivity index (χ1n) is 9.20. The fraction of sp³-hybridized carbons (Fsp3) is 0.579. The molecule has 0 radical (unpaired) electrons. The molecule has 0 spiro atoms. The number of hydrogen-bond acceptors (Lipinski definition) is 4. The van der Waals surface area contributed by atoms with E-state index in [0.29, 0.717) is 18.6 Å². The van der Waals surface area contributed by atoms with Crippen molar-refractivity contribution in [2.24, 2.45) is 5.92 Å². The summed E-state index contributed by atoms with van der Waals surface area (Å²) in [4.78, 5) is 24.6. The molecule has 2 aromatic rings. The van der Waals surface area contributed by atoms with Crippen molar-refractivity contribution in [2.45, 2.75) is 38.3 Å². The maximum absolute atomic E-state index is 12.8. The summed E-state index contributed by atoms with van der Waals surface area (Å²) in [5, 5.41) is 1.12. The van der Waals surface area contributed by atoms with E-state index in [4.69, 9.17) is 4.74 Å². The number of hydrogen-bond donors (Lipinski definition) is 1. The highest BCUT2D eigenvalue weighted by atomic mass is 16.5. The number of aromatic amines is 1. The molecule has 1 amide bonds. The van der Waals surface area contributed by atoms with Gasteiger partial charge in [-0.05, 0) is 37.3 Å². The second-order valence-corrected chi connectivity index (χ2v) is 7.30. The molecule has 0 bridgehead atoms. The lowest BCUT2D eigenvalue weighted by atomic mass is 9.91. The van der Waals surface area contributed by atoms with Crippen LogP contribution in [0.3, 0.4) is 0 Å². The normalized spacial score (nSPS) is 27.0. The van der Waals surface area contributed by atoms with E-state index in [2.05, 4.69) is 41.0 Å². The minimum absolute atomic E-state index is 0.171. The lowest BCUT2D eigenvalue weighted by molar-refractivity contribution is -0.142. The molecule has 0 saturated carbocycles. The fourth-order valence-corrected chi connectivity index (χ4v) is 4.16. The third-order valence-electron chi connectivity index (χ3n) is 5.75. The number of anilines is 1. The van der Waals surface area contributed by atoms with E-state index < -0.39 is 0 Å². The maximum atomic E-state index is 12.8. The Kier molecular flexibility index (Phi) is 4.37. The summed E-state index contributed by atoms with van der Waals surface area (Å²) in [6, 6.07) is 4.42. The third-order valence-corrected chi connectivity index (χ3v) is 5.75. The van der Waals surface area contributed by atoms with Gasteiger partial charge in [0.15, 0.2) is 0 Å². The van der Waals surface area contributed by atoms with Gasteiger partial charge < -0.3 is 19.5 Å². The van der Waals surface area contributed by atoms with Crippen molar-refractivity contribution in [3.63, 3.8) is 0 Å². The van der Waals surface area contributed by atoms with Crippen molar-refractivity contribution in [1.29, 1.82) is 0 Å². The molecule has 3 atom stereocenters. The molecular formula is C19H26N4O2. The molecule has 6 heteroatoms. The highest BCUT2D eigenvalue weighted by Crippen LogP contribution is 2.30. The van der Waals surface area contributed by atoms with Gasteiger partial charge in [0.05, 0.1) is 0 Å². The molecule has 2 aromatic heterocycles. The fourth-order valence-electron chi connectivity index (χ4n) is 4.16. The predicted octanol–water partition coefficient (Wildman–Crippen LogP) is 2.42. The summed E-state index contributed by atoms with van der Waals surface area (Å²) >= 11 is 0. The molecule has 2 aliphatic heterocycles. The minimum Gasteiger partial charge on any atom is -0.369 e. The summed E-state index contributed by atoms with van der Waals surface area (Å²) in [7, 11) is 2.13. The lowest BCUT2D eigenvalue weighted by Crippen LogP contribution is -2.54. The highest BCUT2D eigenvalue weighted by molar-refractivity contribution is 5.89. The number of nitrogens with zero attached hydrogens (tertiary/aromatic N) is 3. The van der Waals surface area contributed by atoms with Crippen LogP contribution >= 0.6 is 0 Å². The zero-order chi connectivity index (χ0) is 17.4. The number of piperidine rings is 1. The molecule has 3 unspecified atom stereocenters. The van der Waals surface area contributed by atoms with Crippen LogP contribution in [0.25, 0.3) is 11.0 Å². The van der Waals surface area contributed by atoms with E-state index in [-0.39, 0.29) is 12.0 Å². The Morgan fingerprint density at radius 2 is 2.28 bits per heavy atom. The van der Waals surface area contributed by atoms with Crippen LogP contribution in [-0.4, -0.2) is 59.7 Å². The average Bonchev–Trinajstić information content (AvgIpc) is 3.32. The SMILES string of the molecule is CC1CCN(C(=O)C2CCCO2)CC1N(C)c1ccnc2[nH]ccc12. The van der Waals surface area contributed by atoms with E-state index >= 15 is 0 Å². The summed E-state index contributed by atoms with van der Waals surface area (Å²) in [6.45, 7) is 4.59. The van der Waals surface area contributed by atoms with Gasteiger partial charge in [-0.1, -0.05) is 6.92 Å². The summed E-state index contributed by atoms with van der Waals surface area (Å²) < 4.78 is 5.61. The molecule has 2 aliphatic rings. The average molecular weight is 342 g/mol. The van der Waals surface area contributed by atoms with E-state index in [9.17, 15) is 4.79 Å². The quantitative estimate of drug-likeness (QED) is 0.930. The number of aromatic nitrogens is 2. The Labute approximate surface area is 148 Å². The molecule has 25 heavy (non-hydrogen) atoms. The Hall–Kier alpha value is -2.08. The number of carbonyl (C=O) groups is 1. The first-order valence-corrected chi connectivity index (χ1v) is 9.20. The predicted molar refractivity (Wildman–Crippen MR) is 97.6 cm³/mol. The minimum atomic E-state index is -0.225. The van der Waals surface area contributed by atoms with Crippen LogP contribution in [0, 0.1) is 5.92 Å². The van der Waals surface area contributed by atoms with Gasteiger partial charge in [0.1, 0.15) is 11.8 Å². The standard InChI is InChI=1S/C19H26N4O2/c1-13-7-10-23(19(24)17-4-3-11-25-17)12-16(13)22(2)15-6-9-21-18-14(15)5-8-20-18/h5-6,8-9,13,16-17H,3-4,7,10-12H2,1-2H3,(H,20,21). The van der Waals surface area contributed by atoms with Gasteiger partial charge >= 0.3 is 0 Å². The van der Waals surface area contributed by atoms with Crippen molar-refractivity contribution >= 4 is 22.6 Å². The number of likely N-dealkylation sites (N-methyl/N-ethyl adjacent to an activating group) is 1. The monoisotopic (exact) mass is 342 g/mol. The second-order valence-electron chi connectivity index (χ2n) is 7.30. The first kappa shape index (κ1) is 16.4.